The van der Waals surface area contributed by atoms with Gasteiger partial charge in [0.15, 0.2) is 0 Å². The van der Waals surface area contributed by atoms with Crippen LogP contribution in [0.25, 0.3) is 0 Å². The first-order chi connectivity index (χ1) is 9.58. The fourth-order valence-electron chi connectivity index (χ4n) is 1.60. The molecule has 0 bridgehead atoms. The Balaban J connectivity index is 2.67. The van der Waals surface area contributed by atoms with Crippen LogP contribution < -0.4 is 10.6 Å². The lowest BCUT2D eigenvalue weighted by Gasteiger charge is -2.12. The van der Waals surface area contributed by atoms with E-state index in [1.807, 2.05) is 0 Å². The summed E-state index contributed by atoms with van der Waals surface area (Å²) in [6, 6.07) is 1.80. The first kappa shape index (κ1) is 17.3. The lowest BCUT2D eigenvalue weighted by molar-refractivity contribution is 0.0954. The number of anilines is 1. The highest BCUT2D eigenvalue weighted by Gasteiger charge is 2.13. The first-order valence-corrected chi connectivity index (χ1v) is 8.87. The van der Waals surface area contributed by atoms with Gasteiger partial charge in [-0.05, 0) is 41.1 Å². The molecule has 0 saturated carbocycles. The van der Waals surface area contributed by atoms with E-state index in [1.54, 1.807) is 24.0 Å². The Morgan fingerprint density at radius 2 is 2.25 bits per heavy atom. The number of aromatic nitrogens is 1. The number of amides is 1. The van der Waals surface area contributed by atoms with Gasteiger partial charge in [-0.15, -0.1) is 0 Å². The first-order valence-electron chi connectivity index (χ1n) is 6.78. The van der Waals surface area contributed by atoms with Crippen molar-refractivity contribution in [3.63, 3.8) is 0 Å². The SMILES string of the molecule is CCCNc1ncc(Br)cc1C(=O)NCCC(C)SC. The van der Waals surface area contributed by atoms with Crippen molar-refractivity contribution >= 4 is 39.4 Å². The molecule has 1 heterocycles. The van der Waals surface area contributed by atoms with Crippen LogP contribution in [0.4, 0.5) is 5.82 Å². The molecule has 1 aromatic heterocycles. The zero-order chi connectivity index (χ0) is 15.0. The Labute approximate surface area is 133 Å². The molecule has 0 saturated heterocycles. The quantitative estimate of drug-likeness (QED) is 0.745. The number of nitrogens with zero attached hydrogens (tertiary/aromatic N) is 1. The Hall–Kier alpha value is -0.750. The largest absolute Gasteiger partial charge is 0.369 e. The zero-order valence-electron chi connectivity index (χ0n) is 12.2. The molecular weight excluding hydrogens is 338 g/mol. The maximum absolute atomic E-state index is 12.2. The van der Waals surface area contributed by atoms with E-state index in [0.717, 1.165) is 23.9 Å². The number of rotatable bonds is 8. The summed E-state index contributed by atoms with van der Waals surface area (Å²) < 4.78 is 0.808. The fraction of sp³-hybridized carbons (Fsp3) is 0.571. The van der Waals surface area contributed by atoms with Crippen LogP contribution >= 0.6 is 27.7 Å². The summed E-state index contributed by atoms with van der Waals surface area (Å²) in [5.74, 6) is 0.566. The minimum absolute atomic E-state index is 0.0780. The average molecular weight is 360 g/mol. The molecule has 2 N–H and O–H groups in total. The minimum atomic E-state index is -0.0780. The number of pyridine rings is 1. The van der Waals surface area contributed by atoms with Crippen molar-refractivity contribution in [2.75, 3.05) is 24.7 Å². The van der Waals surface area contributed by atoms with Gasteiger partial charge in [-0.1, -0.05) is 13.8 Å². The van der Waals surface area contributed by atoms with Crippen molar-refractivity contribution in [1.82, 2.24) is 10.3 Å². The van der Waals surface area contributed by atoms with E-state index in [2.05, 4.69) is 51.7 Å². The number of carbonyl (C=O) groups excluding carboxylic acids is 1. The van der Waals surface area contributed by atoms with Crippen LogP contribution in [-0.4, -0.2) is 35.5 Å². The molecule has 4 nitrogen and oxygen atoms in total. The van der Waals surface area contributed by atoms with E-state index in [9.17, 15) is 4.79 Å². The fourth-order valence-corrected chi connectivity index (χ4v) is 2.28. The molecule has 6 heteroatoms. The van der Waals surface area contributed by atoms with Crippen molar-refractivity contribution < 1.29 is 4.79 Å². The van der Waals surface area contributed by atoms with Gasteiger partial charge < -0.3 is 10.6 Å². The van der Waals surface area contributed by atoms with Crippen LogP contribution in [0, 0.1) is 0 Å². The van der Waals surface area contributed by atoms with E-state index < -0.39 is 0 Å². The lowest BCUT2D eigenvalue weighted by atomic mass is 10.2. The standard InChI is InChI=1S/C14H22BrN3OS/c1-4-6-16-13-12(8-11(15)9-18-13)14(19)17-7-5-10(2)20-3/h8-10H,4-7H2,1-3H3,(H,16,18)(H,17,19). The summed E-state index contributed by atoms with van der Waals surface area (Å²) in [5.41, 5.74) is 0.588. The van der Waals surface area contributed by atoms with Gasteiger partial charge in [-0.2, -0.15) is 11.8 Å². The zero-order valence-corrected chi connectivity index (χ0v) is 14.6. The molecule has 1 rings (SSSR count). The summed E-state index contributed by atoms with van der Waals surface area (Å²) in [7, 11) is 0. The highest BCUT2D eigenvalue weighted by molar-refractivity contribution is 9.10. The number of carbonyl (C=O) groups is 1. The van der Waals surface area contributed by atoms with E-state index in [1.165, 1.54) is 0 Å². The number of thioether (sulfide) groups is 1. The molecule has 1 amide bonds. The van der Waals surface area contributed by atoms with Crippen molar-refractivity contribution in [2.24, 2.45) is 0 Å². The van der Waals surface area contributed by atoms with Crippen LogP contribution in [0.15, 0.2) is 16.7 Å². The Morgan fingerprint density at radius 3 is 2.90 bits per heavy atom. The molecular formula is C14H22BrN3OS. The number of nitrogens with one attached hydrogen (secondary N) is 2. The molecule has 0 aliphatic carbocycles. The second-order valence-corrected chi connectivity index (χ2v) is 6.76. The molecule has 1 unspecified atom stereocenters. The van der Waals surface area contributed by atoms with Crippen molar-refractivity contribution in [3.05, 3.63) is 22.3 Å². The van der Waals surface area contributed by atoms with Crippen molar-refractivity contribution in [2.45, 2.75) is 31.9 Å². The molecule has 1 atom stereocenters. The van der Waals surface area contributed by atoms with Gasteiger partial charge in [-0.25, -0.2) is 4.98 Å². The van der Waals surface area contributed by atoms with Crippen LogP contribution in [0.5, 0.6) is 0 Å². The third-order valence-corrected chi connectivity index (χ3v) is 4.35. The molecule has 0 spiro atoms. The van der Waals surface area contributed by atoms with Crippen LogP contribution in [0.3, 0.4) is 0 Å². The van der Waals surface area contributed by atoms with Crippen LogP contribution in [0.1, 0.15) is 37.0 Å². The van der Waals surface area contributed by atoms with Gasteiger partial charge in [0.1, 0.15) is 5.82 Å². The Bertz CT molecular complexity index is 442. The summed E-state index contributed by atoms with van der Waals surface area (Å²) in [5, 5.41) is 6.69. The van der Waals surface area contributed by atoms with Crippen LogP contribution in [-0.2, 0) is 0 Å². The minimum Gasteiger partial charge on any atom is -0.369 e. The van der Waals surface area contributed by atoms with Gasteiger partial charge in [0.05, 0.1) is 5.56 Å². The summed E-state index contributed by atoms with van der Waals surface area (Å²) in [4.78, 5) is 16.5. The molecule has 0 aromatic carbocycles. The van der Waals surface area contributed by atoms with Gasteiger partial charge in [-0.3, -0.25) is 4.79 Å². The summed E-state index contributed by atoms with van der Waals surface area (Å²) >= 11 is 5.17. The molecule has 0 radical (unpaired) electrons. The van der Waals surface area contributed by atoms with Gasteiger partial charge in [0.25, 0.3) is 5.91 Å². The average Bonchev–Trinajstić information content (AvgIpc) is 2.45. The second-order valence-electron chi connectivity index (χ2n) is 4.57. The molecule has 20 heavy (non-hydrogen) atoms. The van der Waals surface area contributed by atoms with E-state index in [0.29, 0.717) is 23.2 Å². The summed E-state index contributed by atoms with van der Waals surface area (Å²) in [6.45, 7) is 5.72. The second kappa shape index (κ2) is 9.23. The summed E-state index contributed by atoms with van der Waals surface area (Å²) in [6.07, 6.45) is 5.73. The number of hydrogen-bond acceptors (Lipinski definition) is 4. The predicted octanol–water partition coefficient (Wildman–Crippen LogP) is 3.54. The molecule has 0 aliphatic heterocycles. The van der Waals surface area contributed by atoms with E-state index in [4.69, 9.17) is 0 Å². The van der Waals surface area contributed by atoms with Gasteiger partial charge >= 0.3 is 0 Å². The Morgan fingerprint density at radius 1 is 1.50 bits per heavy atom. The maximum Gasteiger partial charge on any atom is 0.255 e. The van der Waals surface area contributed by atoms with Gasteiger partial charge in [0.2, 0.25) is 0 Å². The van der Waals surface area contributed by atoms with Crippen LogP contribution in [0.2, 0.25) is 0 Å². The molecule has 0 aliphatic rings. The lowest BCUT2D eigenvalue weighted by Crippen LogP contribution is -2.27. The van der Waals surface area contributed by atoms with Crippen molar-refractivity contribution in [1.29, 1.82) is 0 Å². The maximum atomic E-state index is 12.2. The number of hydrogen-bond donors (Lipinski definition) is 2. The Kier molecular flexibility index (Phi) is 7.99. The van der Waals surface area contributed by atoms with E-state index >= 15 is 0 Å². The third-order valence-electron chi connectivity index (χ3n) is 2.88. The smallest absolute Gasteiger partial charge is 0.255 e. The topological polar surface area (TPSA) is 54.0 Å². The van der Waals surface area contributed by atoms with Gasteiger partial charge in [0, 0.05) is 29.0 Å². The predicted molar refractivity (Wildman–Crippen MR) is 90.6 cm³/mol. The highest BCUT2D eigenvalue weighted by atomic mass is 79.9. The monoisotopic (exact) mass is 359 g/mol. The van der Waals surface area contributed by atoms with E-state index in [-0.39, 0.29) is 5.91 Å². The third kappa shape index (κ3) is 5.71. The highest BCUT2D eigenvalue weighted by Crippen LogP contribution is 2.18. The number of halogens is 1. The molecule has 0 fully saturated rings. The van der Waals surface area contributed by atoms with Crippen molar-refractivity contribution in [3.8, 4) is 0 Å². The molecule has 1 aromatic rings. The normalized spacial score (nSPS) is 12.0. The molecule has 112 valence electrons.